The third-order valence-electron chi connectivity index (χ3n) is 4.71. The van der Waals surface area contributed by atoms with Crippen LogP contribution < -0.4 is 10.6 Å². The molecule has 1 aliphatic heterocycles. The number of esters is 2. The number of rotatable bonds is 6. The van der Waals surface area contributed by atoms with Gasteiger partial charge in [-0.1, -0.05) is 0 Å². The van der Waals surface area contributed by atoms with Crippen molar-refractivity contribution in [2.45, 2.75) is 33.6 Å². The number of carbonyl (C=O) groups is 4. The first-order valence-corrected chi connectivity index (χ1v) is 10.4. The molecule has 1 aromatic rings. The van der Waals surface area contributed by atoms with Crippen LogP contribution in [0.5, 0.6) is 0 Å². The molecule has 1 aromatic heterocycles. The molecule has 2 heterocycles. The van der Waals surface area contributed by atoms with Gasteiger partial charge in [0.25, 0.3) is 0 Å². The van der Waals surface area contributed by atoms with E-state index in [9.17, 15) is 19.2 Å². The minimum Gasteiger partial charge on any atom is -0.462 e. The van der Waals surface area contributed by atoms with Crippen LogP contribution >= 0.6 is 11.3 Å². The summed E-state index contributed by atoms with van der Waals surface area (Å²) >= 11 is 0.992. The summed E-state index contributed by atoms with van der Waals surface area (Å²) in [6.45, 7) is 6.22. The van der Waals surface area contributed by atoms with Crippen molar-refractivity contribution in [1.29, 1.82) is 0 Å². The Labute approximate surface area is 173 Å². The molecular weight excluding hydrogens is 398 g/mol. The Morgan fingerprint density at radius 1 is 1.07 bits per heavy atom. The fourth-order valence-corrected chi connectivity index (χ4v) is 4.25. The predicted octanol–water partition coefficient (Wildman–Crippen LogP) is 2.40. The van der Waals surface area contributed by atoms with E-state index in [1.54, 1.807) is 32.7 Å². The normalized spacial score (nSPS) is 14.3. The van der Waals surface area contributed by atoms with Crippen LogP contribution in [-0.4, -0.2) is 62.1 Å². The van der Waals surface area contributed by atoms with Gasteiger partial charge in [-0.05, 0) is 39.2 Å². The lowest BCUT2D eigenvalue weighted by Crippen LogP contribution is -2.44. The van der Waals surface area contributed by atoms with Crippen LogP contribution in [0.15, 0.2) is 0 Å². The van der Waals surface area contributed by atoms with E-state index in [4.69, 9.17) is 9.47 Å². The van der Waals surface area contributed by atoms with Gasteiger partial charge >= 0.3 is 18.0 Å². The lowest BCUT2D eigenvalue weighted by Gasteiger charge is -2.31. The summed E-state index contributed by atoms with van der Waals surface area (Å²) < 4.78 is 10.1. The molecule has 160 valence electrons. The van der Waals surface area contributed by atoms with E-state index in [1.165, 1.54) is 0 Å². The van der Waals surface area contributed by atoms with Gasteiger partial charge in [-0.15, -0.1) is 11.3 Å². The number of nitrogens with one attached hydrogen (secondary N) is 2. The van der Waals surface area contributed by atoms with Crippen LogP contribution in [0.25, 0.3) is 0 Å². The number of urea groups is 1. The number of carbonyl (C=O) groups excluding carboxylic acids is 4. The Kier molecular flexibility index (Phi) is 8.00. The average molecular weight is 426 g/mol. The summed E-state index contributed by atoms with van der Waals surface area (Å²) in [4.78, 5) is 50.9. The summed E-state index contributed by atoms with van der Waals surface area (Å²) in [5.41, 5.74) is 0.578. The lowest BCUT2D eigenvalue weighted by atomic mass is 9.96. The van der Waals surface area contributed by atoms with E-state index in [1.807, 2.05) is 0 Å². The molecule has 1 fully saturated rings. The maximum absolute atomic E-state index is 12.7. The number of thiophene rings is 1. The first kappa shape index (κ1) is 22.7. The molecule has 1 aliphatic rings. The maximum atomic E-state index is 12.7. The number of amides is 3. The minimum atomic E-state index is -0.606. The van der Waals surface area contributed by atoms with Crippen LogP contribution in [0.3, 0.4) is 0 Å². The van der Waals surface area contributed by atoms with Gasteiger partial charge < -0.3 is 19.7 Å². The molecule has 2 N–H and O–H groups in total. The van der Waals surface area contributed by atoms with Crippen molar-refractivity contribution in [2.24, 2.45) is 5.92 Å². The molecule has 1 saturated heterocycles. The van der Waals surface area contributed by atoms with Gasteiger partial charge in [0.15, 0.2) is 0 Å². The zero-order valence-corrected chi connectivity index (χ0v) is 17.9. The van der Waals surface area contributed by atoms with Crippen LogP contribution in [0.2, 0.25) is 0 Å². The molecule has 0 bridgehead atoms. The average Bonchev–Trinajstić information content (AvgIpc) is 3.03. The Morgan fingerprint density at radius 2 is 1.66 bits per heavy atom. The fourth-order valence-electron chi connectivity index (χ4n) is 3.17. The fraction of sp³-hybridized carbons (Fsp3) is 0.579. The largest absolute Gasteiger partial charge is 0.462 e. The van der Waals surface area contributed by atoms with Crippen molar-refractivity contribution in [3.63, 3.8) is 0 Å². The molecule has 0 radical (unpaired) electrons. The Bertz CT molecular complexity index is 783. The number of hydrogen-bond acceptors (Lipinski definition) is 7. The highest BCUT2D eigenvalue weighted by molar-refractivity contribution is 7.18. The predicted molar refractivity (Wildman–Crippen MR) is 108 cm³/mol. The van der Waals surface area contributed by atoms with E-state index in [0.29, 0.717) is 31.5 Å². The van der Waals surface area contributed by atoms with E-state index in [2.05, 4.69) is 10.6 Å². The molecule has 2 rings (SSSR count). The van der Waals surface area contributed by atoms with Crippen LogP contribution in [0, 0.1) is 12.8 Å². The molecule has 9 nitrogen and oxygen atoms in total. The quantitative estimate of drug-likeness (QED) is 0.677. The summed E-state index contributed by atoms with van der Waals surface area (Å²) in [7, 11) is 1.60. The van der Waals surface area contributed by atoms with Crippen LogP contribution in [0.4, 0.5) is 9.80 Å². The first-order chi connectivity index (χ1) is 13.8. The molecule has 0 saturated carbocycles. The van der Waals surface area contributed by atoms with Gasteiger partial charge in [0.05, 0.1) is 18.8 Å². The molecule has 0 aliphatic carbocycles. The minimum absolute atomic E-state index is 0.0254. The second-order valence-corrected chi connectivity index (χ2v) is 7.53. The molecular formula is C19H27N3O6S. The maximum Gasteiger partial charge on any atom is 0.348 e. The topological polar surface area (TPSA) is 114 Å². The van der Waals surface area contributed by atoms with Crippen molar-refractivity contribution in [3.8, 4) is 0 Å². The third-order valence-corrected chi connectivity index (χ3v) is 5.89. The van der Waals surface area contributed by atoms with Gasteiger partial charge in [0, 0.05) is 26.1 Å². The summed E-state index contributed by atoms with van der Waals surface area (Å²) in [5.74, 6) is -1.29. The SMILES string of the molecule is CCOC(=O)c1sc(NC(=O)N2CCC(C(=O)NC)CC2)c(C(=O)OCC)c1C. The molecule has 0 spiro atoms. The monoisotopic (exact) mass is 425 g/mol. The zero-order valence-electron chi connectivity index (χ0n) is 17.1. The van der Waals surface area contributed by atoms with Gasteiger partial charge in [-0.2, -0.15) is 0 Å². The number of anilines is 1. The van der Waals surface area contributed by atoms with Crippen molar-refractivity contribution < 1.29 is 28.7 Å². The van der Waals surface area contributed by atoms with Crippen molar-refractivity contribution in [1.82, 2.24) is 10.2 Å². The number of hydrogen-bond donors (Lipinski definition) is 2. The first-order valence-electron chi connectivity index (χ1n) is 9.59. The van der Waals surface area contributed by atoms with Gasteiger partial charge in [-0.3, -0.25) is 10.1 Å². The van der Waals surface area contributed by atoms with E-state index < -0.39 is 11.9 Å². The number of likely N-dealkylation sites (tertiary alicyclic amines) is 1. The molecule has 0 atom stereocenters. The number of piperidine rings is 1. The van der Waals surface area contributed by atoms with Crippen molar-refractivity contribution >= 4 is 40.2 Å². The van der Waals surface area contributed by atoms with Gasteiger partial charge in [-0.25, -0.2) is 14.4 Å². The second-order valence-electron chi connectivity index (χ2n) is 6.51. The van der Waals surface area contributed by atoms with E-state index in [0.717, 1.165) is 11.3 Å². The van der Waals surface area contributed by atoms with Crippen LogP contribution in [-0.2, 0) is 14.3 Å². The highest BCUT2D eigenvalue weighted by Gasteiger charge is 2.30. The number of ether oxygens (including phenoxy) is 2. The number of nitrogens with zero attached hydrogens (tertiary/aromatic N) is 1. The summed E-state index contributed by atoms with van der Waals surface area (Å²) in [6, 6.07) is -0.387. The summed E-state index contributed by atoms with van der Waals surface area (Å²) in [5, 5.41) is 5.61. The highest BCUT2D eigenvalue weighted by atomic mass is 32.1. The third kappa shape index (κ3) is 5.26. The van der Waals surface area contributed by atoms with Crippen molar-refractivity contribution in [2.75, 3.05) is 38.7 Å². The molecule has 10 heteroatoms. The molecule has 0 unspecified atom stereocenters. The van der Waals surface area contributed by atoms with E-state index >= 15 is 0 Å². The molecule has 0 aromatic carbocycles. The Balaban J connectivity index is 2.19. The highest BCUT2D eigenvalue weighted by Crippen LogP contribution is 2.34. The van der Waals surface area contributed by atoms with E-state index in [-0.39, 0.29) is 46.5 Å². The summed E-state index contributed by atoms with van der Waals surface area (Å²) in [6.07, 6.45) is 1.13. The standard InChI is InChI=1S/C19H27N3O6S/c1-5-27-17(24)13-11(3)14(18(25)28-6-2)29-16(13)21-19(26)22-9-7-12(8-10-22)15(23)20-4/h12H,5-10H2,1-4H3,(H,20,23)(H,21,26). The lowest BCUT2D eigenvalue weighted by molar-refractivity contribution is -0.125. The van der Waals surface area contributed by atoms with Crippen LogP contribution in [0.1, 0.15) is 52.3 Å². The smallest absolute Gasteiger partial charge is 0.348 e. The molecule has 3 amide bonds. The molecule has 29 heavy (non-hydrogen) atoms. The zero-order chi connectivity index (χ0) is 21.6. The van der Waals surface area contributed by atoms with Gasteiger partial charge in [0.2, 0.25) is 5.91 Å². The second kappa shape index (κ2) is 10.2. The van der Waals surface area contributed by atoms with Crippen molar-refractivity contribution in [3.05, 3.63) is 16.0 Å². The van der Waals surface area contributed by atoms with Gasteiger partial charge in [0.1, 0.15) is 9.88 Å². The Morgan fingerprint density at radius 3 is 2.21 bits per heavy atom. The Hall–Kier alpha value is -2.62.